The van der Waals surface area contributed by atoms with Gasteiger partial charge in [-0.05, 0) is 31.4 Å². The Morgan fingerprint density at radius 2 is 2.28 bits per heavy atom. The molecule has 0 aromatic carbocycles. The van der Waals surface area contributed by atoms with Crippen molar-refractivity contribution >= 4 is 23.3 Å². The van der Waals surface area contributed by atoms with Crippen molar-refractivity contribution in [3.05, 3.63) is 22.8 Å². The molecule has 0 bridgehead atoms. The Morgan fingerprint density at radius 3 is 2.83 bits per heavy atom. The van der Waals surface area contributed by atoms with Gasteiger partial charge in [-0.15, -0.1) is 0 Å². The molecule has 0 radical (unpaired) electrons. The molecule has 0 unspecified atom stereocenters. The summed E-state index contributed by atoms with van der Waals surface area (Å²) in [6.45, 7) is 2.93. The number of aromatic nitrogens is 1. The Bertz CT molecular complexity index is 426. The maximum atomic E-state index is 12.4. The van der Waals surface area contributed by atoms with Crippen LogP contribution in [0.4, 0.5) is 5.82 Å². The summed E-state index contributed by atoms with van der Waals surface area (Å²) in [7, 11) is 0. The van der Waals surface area contributed by atoms with E-state index in [-0.39, 0.29) is 16.9 Å². The molecule has 1 heterocycles. The van der Waals surface area contributed by atoms with Crippen LogP contribution in [-0.2, 0) is 0 Å². The van der Waals surface area contributed by atoms with E-state index in [0.717, 1.165) is 32.2 Å². The molecule has 1 saturated carbocycles. The van der Waals surface area contributed by atoms with Gasteiger partial charge in [0.1, 0.15) is 11.0 Å². The molecule has 1 aromatic heterocycles. The molecule has 18 heavy (non-hydrogen) atoms. The van der Waals surface area contributed by atoms with Gasteiger partial charge in [0.05, 0.1) is 0 Å². The fourth-order valence-electron chi connectivity index (χ4n) is 1.97. The minimum atomic E-state index is 0.0157. The third-order valence-electron chi connectivity index (χ3n) is 3.06. The van der Waals surface area contributed by atoms with Gasteiger partial charge < -0.3 is 10.6 Å². The smallest absolute Gasteiger partial charge is 0.254 e. The van der Waals surface area contributed by atoms with Crippen molar-refractivity contribution in [3.63, 3.8) is 0 Å². The van der Waals surface area contributed by atoms with E-state index in [9.17, 15) is 4.79 Å². The van der Waals surface area contributed by atoms with E-state index in [0.29, 0.717) is 11.6 Å². The number of carbonyl (C=O) groups is 1. The number of amides is 1. The molecule has 1 amide bonds. The summed E-state index contributed by atoms with van der Waals surface area (Å²) in [5, 5.41) is 0.268. The van der Waals surface area contributed by atoms with Crippen LogP contribution in [0.3, 0.4) is 0 Å². The second kappa shape index (κ2) is 5.57. The summed E-state index contributed by atoms with van der Waals surface area (Å²) in [6.07, 6.45) is 4.31. The number of unbranched alkanes of at least 4 members (excludes halogenated alkanes) is 1. The highest BCUT2D eigenvalue weighted by atomic mass is 35.5. The first kappa shape index (κ1) is 13.1. The van der Waals surface area contributed by atoms with Crippen LogP contribution < -0.4 is 5.73 Å². The SMILES string of the molecule is CCCCN(C(=O)c1cc(N)nc(Cl)c1)C1CC1. The number of hydrogen-bond acceptors (Lipinski definition) is 3. The zero-order chi connectivity index (χ0) is 13.1. The summed E-state index contributed by atoms with van der Waals surface area (Å²) in [4.78, 5) is 18.2. The van der Waals surface area contributed by atoms with Crippen LogP contribution in [-0.4, -0.2) is 28.4 Å². The molecule has 0 saturated heterocycles. The third kappa shape index (κ3) is 3.13. The van der Waals surface area contributed by atoms with Crippen molar-refractivity contribution in [1.82, 2.24) is 9.88 Å². The molecular weight excluding hydrogens is 250 g/mol. The summed E-state index contributed by atoms with van der Waals surface area (Å²) >= 11 is 5.84. The normalized spacial score (nSPS) is 14.6. The number of hydrogen-bond donors (Lipinski definition) is 1. The third-order valence-corrected chi connectivity index (χ3v) is 3.26. The van der Waals surface area contributed by atoms with Crippen LogP contribution in [0.1, 0.15) is 43.0 Å². The average molecular weight is 268 g/mol. The number of halogens is 1. The van der Waals surface area contributed by atoms with E-state index in [2.05, 4.69) is 11.9 Å². The Hall–Kier alpha value is -1.29. The van der Waals surface area contributed by atoms with Gasteiger partial charge in [-0.1, -0.05) is 24.9 Å². The minimum Gasteiger partial charge on any atom is -0.384 e. The van der Waals surface area contributed by atoms with Crippen LogP contribution in [0, 0.1) is 0 Å². The second-order valence-electron chi connectivity index (χ2n) is 4.69. The largest absolute Gasteiger partial charge is 0.384 e. The summed E-state index contributed by atoms with van der Waals surface area (Å²) in [6, 6.07) is 3.58. The molecule has 1 aromatic rings. The van der Waals surface area contributed by atoms with E-state index in [1.54, 1.807) is 12.1 Å². The zero-order valence-electron chi connectivity index (χ0n) is 10.5. The fourth-order valence-corrected chi connectivity index (χ4v) is 2.19. The van der Waals surface area contributed by atoms with Crippen molar-refractivity contribution < 1.29 is 4.79 Å². The average Bonchev–Trinajstić information content (AvgIpc) is 3.12. The lowest BCUT2D eigenvalue weighted by Gasteiger charge is -2.22. The van der Waals surface area contributed by atoms with E-state index in [4.69, 9.17) is 17.3 Å². The number of nitrogen functional groups attached to an aromatic ring is 1. The maximum Gasteiger partial charge on any atom is 0.254 e. The van der Waals surface area contributed by atoms with Crippen LogP contribution in [0.2, 0.25) is 5.15 Å². The molecule has 1 aliphatic rings. The first-order chi connectivity index (χ1) is 8.61. The fraction of sp³-hybridized carbons (Fsp3) is 0.538. The molecule has 5 heteroatoms. The van der Waals surface area contributed by atoms with Crippen molar-refractivity contribution in [2.24, 2.45) is 0 Å². The summed E-state index contributed by atoms with van der Waals surface area (Å²) in [5.41, 5.74) is 6.16. The molecule has 1 fully saturated rings. The van der Waals surface area contributed by atoms with Crippen molar-refractivity contribution in [2.45, 2.75) is 38.6 Å². The van der Waals surface area contributed by atoms with Crippen LogP contribution in [0.5, 0.6) is 0 Å². The Kier molecular flexibility index (Phi) is 4.07. The van der Waals surface area contributed by atoms with E-state index in [1.165, 1.54) is 0 Å². The molecule has 2 rings (SSSR count). The Morgan fingerprint density at radius 1 is 1.56 bits per heavy atom. The van der Waals surface area contributed by atoms with Crippen LogP contribution in [0.15, 0.2) is 12.1 Å². The second-order valence-corrected chi connectivity index (χ2v) is 5.07. The number of pyridine rings is 1. The van der Waals surface area contributed by atoms with Crippen LogP contribution >= 0.6 is 11.6 Å². The van der Waals surface area contributed by atoms with E-state index >= 15 is 0 Å². The Balaban J connectivity index is 2.16. The Labute approximate surface area is 112 Å². The number of nitrogens with zero attached hydrogens (tertiary/aromatic N) is 2. The number of nitrogens with two attached hydrogens (primary N) is 1. The minimum absolute atomic E-state index is 0.0157. The lowest BCUT2D eigenvalue weighted by Crippen LogP contribution is -2.34. The molecule has 0 spiro atoms. The molecule has 0 atom stereocenters. The zero-order valence-corrected chi connectivity index (χ0v) is 11.3. The molecule has 2 N–H and O–H groups in total. The van der Waals surface area contributed by atoms with Crippen molar-refractivity contribution in [2.75, 3.05) is 12.3 Å². The van der Waals surface area contributed by atoms with Gasteiger partial charge in [0.15, 0.2) is 0 Å². The molecular formula is C13H18ClN3O. The van der Waals surface area contributed by atoms with Gasteiger partial charge in [-0.25, -0.2) is 4.98 Å². The van der Waals surface area contributed by atoms with Gasteiger partial charge in [0, 0.05) is 18.2 Å². The highest BCUT2D eigenvalue weighted by Crippen LogP contribution is 2.29. The number of anilines is 1. The quantitative estimate of drug-likeness (QED) is 0.835. The van der Waals surface area contributed by atoms with E-state index < -0.39 is 0 Å². The summed E-state index contributed by atoms with van der Waals surface area (Å²) in [5.74, 6) is 0.305. The highest BCUT2D eigenvalue weighted by Gasteiger charge is 2.32. The number of rotatable bonds is 5. The van der Waals surface area contributed by atoms with Gasteiger partial charge in [-0.2, -0.15) is 0 Å². The topological polar surface area (TPSA) is 59.2 Å². The lowest BCUT2D eigenvalue weighted by atomic mass is 10.2. The monoisotopic (exact) mass is 267 g/mol. The molecule has 4 nitrogen and oxygen atoms in total. The lowest BCUT2D eigenvalue weighted by molar-refractivity contribution is 0.0740. The van der Waals surface area contributed by atoms with E-state index in [1.807, 2.05) is 4.90 Å². The first-order valence-electron chi connectivity index (χ1n) is 6.36. The molecule has 98 valence electrons. The number of carbonyl (C=O) groups excluding carboxylic acids is 1. The predicted molar refractivity (Wildman–Crippen MR) is 72.6 cm³/mol. The molecule has 0 aliphatic heterocycles. The van der Waals surface area contributed by atoms with Gasteiger partial charge in [0.25, 0.3) is 5.91 Å². The van der Waals surface area contributed by atoms with Crippen molar-refractivity contribution in [1.29, 1.82) is 0 Å². The van der Waals surface area contributed by atoms with Gasteiger partial charge >= 0.3 is 0 Å². The predicted octanol–water partition coefficient (Wildman–Crippen LogP) is 2.72. The van der Waals surface area contributed by atoms with Gasteiger partial charge in [0.2, 0.25) is 0 Å². The summed E-state index contributed by atoms with van der Waals surface area (Å²) < 4.78 is 0. The highest BCUT2D eigenvalue weighted by molar-refractivity contribution is 6.29. The van der Waals surface area contributed by atoms with Gasteiger partial charge in [-0.3, -0.25) is 4.79 Å². The molecule has 1 aliphatic carbocycles. The standard InChI is InChI=1S/C13H18ClN3O/c1-2-3-6-17(10-4-5-10)13(18)9-7-11(14)16-12(15)8-9/h7-8,10H,2-6H2,1H3,(H2,15,16). The van der Waals surface area contributed by atoms with Crippen LogP contribution in [0.25, 0.3) is 0 Å². The first-order valence-corrected chi connectivity index (χ1v) is 6.73. The maximum absolute atomic E-state index is 12.4. The van der Waals surface area contributed by atoms with Crippen molar-refractivity contribution in [3.8, 4) is 0 Å².